The van der Waals surface area contributed by atoms with Crippen molar-refractivity contribution in [1.82, 2.24) is 14.6 Å². The number of hydroxylamine groups is 2. The molecule has 0 aliphatic carbocycles. The smallest absolute Gasteiger partial charge is 0.327 e. The fourth-order valence-corrected chi connectivity index (χ4v) is 1.74. The first kappa shape index (κ1) is 12.5. The van der Waals surface area contributed by atoms with Gasteiger partial charge in [-0.1, -0.05) is 0 Å². The fraction of sp³-hybridized carbons (Fsp3) is 0.500. The predicted octanol–water partition coefficient (Wildman–Crippen LogP) is 0.420. The molecule has 0 atom stereocenters. The molecule has 2 rings (SSSR count). The molecule has 18 heavy (non-hydrogen) atoms. The minimum Gasteiger partial charge on any atom is -0.327 e. The molecule has 0 fully saturated rings. The Kier molecular flexibility index (Phi) is 3.30. The Morgan fingerprint density at radius 3 is 2.78 bits per heavy atom. The van der Waals surface area contributed by atoms with Crippen molar-refractivity contribution in [2.75, 3.05) is 0 Å². The van der Waals surface area contributed by atoms with Crippen LogP contribution in [-0.2, 0) is 20.1 Å². The number of aromatic nitrogens is 2. The third-order valence-electron chi connectivity index (χ3n) is 2.52. The first-order valence-electron chi connectivity index (χ1n) is 4.98. The maximum atomic E-state index is 11.9. The molecule has 0 unspecified atom stereocenters. The van der Waals surface area contributed by atoms with E-state index in [1.54, 1.807) is 11.6 Å². The molecule has 1 aliphatic rings. The number of nitrogens with zero attached hydrogens (tertiary/aromatic N) is 6. The molecule has 98 valence electrons. The number of amidine groups is 1. The second kappa shape index (κ2) is 4.74. The van der Waals surface area contributed by atoms with Crippen molar-refractivity contribution in [3.63, 3.8) is 0 Å². The van der Waals surface area contributed by atoms with Crippen LogP contribution in [0.2, 0.25) is 0 Å². The van der Waals surface area contributed by atoms with Crippen molar-refractivity contribution in [2.45, 2.75) is 19.6 Å². The van der Waals surface area contributed by atoms with E-state index < -0.39 is 6.55 Å². The van der Waals surface area contributed by atoms with Crippen molar-refractivity contribution in [3.8, 4) is 0 Å². The number of halogens is 2. The van der Waals surface area contributed by atoms with Gasteiger partial charge < -0.3 is 15.6 Å². The average molecular weight is 259 g/mol. The molecule has 3 N–H and O–H groups in total. The Morgan fingerprint density at radius 1 is 1.50 bits per heavy atom. The zero-order valence-corrected chi connectivity index (χ0v) is 9.46. The normalized spacial score (nSPS) is 17.1. The van der Waals surface area contributed by atoms with Crippen molar-refractivity contribution in [3.05, 3.63) is 17.2 Å². The lowest BCUT2D eigenvalue weighted by Crippen LogP contribution is -2.15. The summed E-state index contributed by atoms with van der Waals surface area (Å²) in [6.07, 6.45) is 0. The highest BCUT2D eigenvalue weighted by Crippen LogP contribution is 2.21. The Labute approximate surface area is 100 Å². The van der Waals surface area contributed by atoms with Crippen LogP contribution < -0.4 is 5.84 Å². The van der Waals surface area contributed by atoms with Crippen LogP contribution in [-0.4, -0.2) is 32.2 Å². The summed E-state index contributed by atoms with van der Waals surface area (Å²) in [7, 11) is 1.66. The summed E-state index contributed by atoms with van der Waals surface area (Å²) in [5, 5.41) is 19.6. The molecule has 1 aromatic heterocycles. The molecule has 2 heterocycles. The van der Waals surface area contributed by atoms with Crippen molar-refractivity contribution in [2.24, 2.45) is 28.2 Å². The van der Waals surface area contributed by atoms with E-state index in [9.17, 15) is 14.0 Å². The maximum absolute atomic E-state index is 11.9. The molecule has 0 bridgehead atoms. The maximum Gasteiger partial charge on any atom is 0.348 e. The number of hydrogen-bond donors (Lipinski definition) is 2. The number of fused-ring (bicyclic) bond motifs is 1. The average Bonchev–Trinajstić information content (AvgIpc) is 2.79. The number of rotatable bonds is 2. The standard InChI is InChI=1S/C8H11F2N7O/c1-16-5-3-17(18)2-4(5)12-7(16)6(13-11)14-15-8(9)10/h8,18H,2-3,11H2,1H3/b13-6-,15-14-. The first-order valence-corrected chi connectivity index (χ1v) is 4.98. The third kappa shape index (κ3) is 2.19. The monoisotopic (exact) mass is 259 g/mol. The highest BCUT2D eigenvalue weighted by atomic mass is 19.3. The fourth-order valence-electron chi connectivity index (χ4n) is 1.74. The van der Waals surface area contributed by atoms with Crippen LogP contribution in [0.15, 0.2) is 15.3 Å². The molecular formula is C8H11F2N7O. The Hall–Kier alpha value is -1.94. The minimum absolute atomic E-state index is 0.184. The summed E-state index contributed by atoms with van der Waals surface area (Å²) in [5.74, 6) is 5.13. The van der Waals surface area contributed by atoms with Gasteiger partial charge in [0, 0.05) is 7.05 Å². The van der Waals surface area contributed by atoms with E-state index in [1.165, 1.54) is 0 Å². The summed E-state index contributed by atoms with van der Waals surface area (Å²) in [6, 6.07) is 0. The molecule has 1 aliphatic heterocycles. The first-order chi connectivity index (χ1) is 8.52. The molecule has 0 radical (unpaired) electrons. The molecule has 10 heteroatoms. The molecule has 0 saturated heterocycles. The minimum atomic E-state index is -2.93. The quantitative estimate of drug-likeness (QED) is 0.200. The molecule has 0 spiro atoms. The van der Waals surface area contributed by atoms with Gasteiger partial charge in [0.2, 0.25) is 5.84 Å². The summed E-state index contributed by atoms with van der Waals surface area (Å²) in [6.45, 7) is -2.38. The van der Waals surface area contributed by atoms with Gasteiger partial charge >= 0.3 is 6.55 Å². The van der Waals surface area contributed by atoms with Crippen LogP contribution in [0.4, 0.5) is 8.78 Å². The van der Waals surface area contributed by atoms with Gasteiger partial charge in [-0.15, -0.1) is 10.2 Å². The zero-order chi connectivity index (χ0) is 13.3. The number of nitrogens with two attached hydrogens (primary N) is 1. The lowest BCUT2D eigenvalue weighted by Gasteiger charge is -2.06. The van der Waals surface area contributed by atoms with Gasteiger partial charge in [0.1, 0.15) is 0 Å². The van der Waals surface area contributed by atoms with Crippen LogP contribution in [0.1, 0.15) is 17.2 Å². The Morgan fingerprint density at radius 2 is 2.22 bits per heavy atom. The van der Waals surface area contributed by atoms with E-state index in [-0.39, 0.29) is 18.2 Å². The second-order valence-electron chi connectivity index (χ2n) is 3.66. The number of imidazole rings is 1. The van der Waals surface area contributed by atoms with E-state index in [0.29, 0.717) is 12.2 Å². The summed E-state index contributed by atoms with van der Waals surface area (Å²) < 4.78 is 25.5. The van der Waals surface area contributed by atoms with Crippen LogP contribution >= 0.6 is 0 Å². The van der Waals surface area contributed by atoms with Crippen LogP contribution in [0.3, 0.4) is 0 Å². The summed E-state index contributed by atoms with van der Waals surface area (Å²) in [5.41, 5.74) is 1.38. The van der Waals surface area contributed by atoms with Gasteiger partial charge in [-0.25, -0.2) is 4.98 Å². The molecular weight excluding hydrogens is 248 g/mol. The van der Waals surface area contributed by atoms with Crippen molar-refractivity contribution < 1.29 is 14.0 Å². The van der Waals surface area contributed by atoms with E-state index >= 15 is 0 Å². The van der Waals surface area contributed by atoms with E-state index in [0.717, 1.165) is 10.8 Å². The van der Waals surface area contributed by atoms with Crippen LogP contribution in [0, 0.1) is 0 Å². The number of hydrogen-bond acceptors (Lipinski definition) is 6. The number of hydrazone groups is 1. The second-order valence-corrected chi connectivity index (χ2v) is 3.66. The SMILES string of the molecule is Cn1c(C(/N=N\C(F)F)=N/N)nc2c1CN(O)C2. The van der Waals surface area contributed by atoms with E-state index in [4.69, 9.17) is 5.84 Å². The van der Waals surface area contributed by atoms with Gasteiger partial charge in [-0.2, -0.15) is 18.9 Å². The third-order valence-corrected chi connectivity index (χ3v) is 2.52. The lowest BCUT2D eigenvalue weighted by molar-refractivity contribution is -0.0985. The van der Waals surface area contributed by atoms with Gasteiger partial charge in [0.25, 0.3) is 0 Å². The van der Waals surface area contributed by atoms with Crippen molar-refractivity contribution in [1.29, 1.82) is 0 Å². The molecule has 0 saturated carbocycles. The number of azo groups is 1. The summed E-state index contributed by atoms with van der Waals surface area (Å²) in [4.78, 5) is 4.14. The molecule has 0 aromatic carbocycles. The predicted molar refractivity (Wildman–Crippen MR) is 55.8 cm³/mol. The van der Waals surface area contributed by atoms with Gasteiger partial charge in [0.15, 0.2) is 5.82 Å². The highest BCUT2D eigenvalue weighted by molar-refractivity contribution is 5.96. The summed E-state index contributed by atoms with van der Waals surface area (Å²) >= 11 is 0. The van der Waals surface area contributed by atoms with Gasteiger partial charge in [0.05, 0.1) is 24.5 Å². The van der Waals surface area contributed by atoms with E-state index in [2.05, 4.69) is 20.3 Å². The van der Waals surface area contributed by atoms with Crippen LogP contribution in [0.25, 0.3) is 0 Å². The van der Waals surface area contributed by atoms with Crippen molar-refractivity contribution >= 4 is 5.84 Å². The topological polar surface area (TPSA) is 104 Å². The van der Waals surface area contributed by atoms with Gasteiger partial charge in [-0.3, -0.25) is 0 Å². The zero-order valence-electron chi connectivity index (χ0n) is 9.46. The molecule has 0 amide bonds. The highest BCUT2D eigenvalue weighted by Gasteiger charge is 2.26. The molecule has 8 nitrogen and oxygen atoms in total. The Bertz CT molecular complexity index is 510. The van der Waals surface area contributed by atoms with E-state index in [1.807, 2.05) is 0 Å². The Balaban J connectivity index is 2.32. The lowest BCUT2D eigenvalue weighted by atomic mass is 10.4. The largest absolute Gasteiger partial charge is 0.348 e. The van der Waals surface area contributed by atoms with Crippen LogP contribution in [0.5, 0.6) is 0 Å². The number of alkyl halides is 2. The molecule has 1 aromatic rings. The van der Waals surface area contributed by atoms with Gasteiger partial charge in [-0.05, 0) is 0 Å².